The lowest BCUT2D eigenvalue weighted by atomic mass is 9.77. The Morgan fingerprint density at radius 1 is 1.00 bits per heavy atom. The largest absolute Gasteiger partial charge is 0.497 e. The number of nitrogens with two attached hydrogens (primary N) is 1. The Morgan fingerprint density at radius 2 is 1.62 bits per heavy atom. The van der Waals surface area contributed by atoms with Crippen molar-refractivity contribution in [2.75, 3.05) is 18.6 Å². The lowest BCUT2D eigenvalue weighted by Gasteiger charge is -2.39. The molecule has 1 saturated heterocycles. The minimum atomic E-state index is -1.40. The van der Waals surface area contributed by atoms with Crippen molar-refractivity contribution in [3.8, 4) is 5.75 Å². The first kappa shape index (κ1) is 24.5. The van der Waals surface area contributed by atoms with E-state index in [4.69, 9.17) is 32.2 Å². The number of esters is 1. The number of rotatable bonds is 7. The maximum Gasteiger partial charge on any atom is 0.339 e. The summed E-state index contributed by atoms with van der Waals surface area (Å²) in [5, 5.41) is 0. The Morgan fingerprint density at radius 3 is 2.22 bits per heavy atom. The Kier molecular flexibility index (Phi) is 6.43. The zero-order valence-electron chi connectivity index (χ0n) is 20.4. The number of methoxy groups -OCH3 is 1. The zero-order chi connectivity index (χ0) is 26.2. The summed E-state index contributed by atoms with van der Waals surface area (Å²) >= 11 is 6.02. The van der Waals surface area contributed by atoms with Crippen molar-refractivity contribution in [2.24, 2.45) is 17.6 Å². The molecule has 2 N–H and O–H groups in total. The predicted molar refractivity (Wildman–Crippen MR) is 143 cm³/mol. The highest BCUT2D eigenvalue weighted by molar-refractivity contribution is 7.80. The first-order chi connectivity index (χ1) is 17.9. The molecule has 5 rings (SSSR count). The van der Waals surface area contributed by atoms with E-state index in [1.54, 1.807) is 55.3 Å². The van der Waals surface area contributed by atoms with E-state index in [0.717, 1.165) is 0 Å². The molecule has 0 radical (unpaired) electrons. The highest BCUT2D eigenvalue weighted by Gasteiger charge is 2.68. The molecule has 0 unspecified atom stereocenters. The Labute approximate surface area is 220 Å². The second-order valence-corrected chi connectivity index (χ2v) is 9.14. The van der Waals surface area contributed by atoms with Crippen LogP contribution in [0.5, 0.6) is 5.75 Å². The van der Waals surface area contributed by atoms with Crippen LogP contribution in [0.1, 0.15) is 22.8 Å². The normalized spacial score (nSPS) is 22.4. The third-order valence-corrected chi connectivity index (χ3v) is 7.21. The van der Waals surface area contributed by atoms with Gasteiger partial charge in [-0.2, -0.15) is 0 Å². The van der Waals surface area contributed by atoms with E-state index in [1.165, 1.54) is 0 Å². The average molecular weight is 515 g/mol. The number of Topliss-reactive ketones (excluding diaryl/α,β-unsaturated/α-hetero) is 1. The molecule has 188 valence electrons. The zero-order valence-corrected chi connectivity index (χ0v) is 21.2. The van der Waals surface area contributed by atoms with Crippen LogP contribution in [-0.4, -0.2) is 30.5 Å². The molecule has 0 aromatic heterocycles. The monoisotopic (exact) mass is 514 g/mol. The van der Waals surface area contributed by atoms with Crippen molar-refractivity contribution in [1.82, 2.24) is 0 Å². The summed E-state index contributed by atoms with van der Waals surface area (Å²) in [6.07, 6.45) is 0. The molecule has 3 atom stereocenters. The van der Waals surface area contributed by atoms with Crippen LogP contribution in [0.3, 0.4) is 0 Å². The fourth-order valence-electron chi connectivity index (χ4n) is 5.23. The van der Waals surface area contributed by atoms with Gasteiger partial charge in [0.2, 0.25) is 5.72 Å². The lowest BCUT2D eigenvalue weighted by molar-refractivity contribution is -0.139. The molecule has 2 aliphatic rings. The first-order valence-electron chi connectivity index (χ1n) is 11.9. The number of nitrogens with zero attached hydrogens (tertiary/aromatic N) is 1. The molecule has 2 aliphatic heterocycles. The van der Waals surface area contributed by atoms with E-state index in [9.17, 15) is 9.59 Å². The van der Waals surface area contributed by atoms with Gasteiger partial charge in [-0.25, -0.2) is 4.79 Å². The van der Waals surface area contributed by atoms with Crippen LogP contribution < -0.4 is 15.4 Å². The van der Waals surface area contributed by atoms with Gasteiger partial charge in [0.1, 0.15) is 11.3 Å². The molecule has 3 aromatic carbocycles. The van der Waals surface area contributed by atoms with Gasteiger partial charge in [0.15, 0.2) is 11.7 Å². The number of carbonyl (C=O) groups excluding carboxylic acids is 2. The number of fused-ring (bicyclic) bond motifs is 1. The summed E-state index contributed by atoms with van der Waals surface area (Å²) in [7, 11) is 1.58. The smallest absolute Gasteiger partial charge is 0.339 e. The van der Waals surface area contributed by atoms with Gasteiger partial charge in [0.25, 0.3) is 0 Å². The van der Waals surface area contributed by atoms with Gasteiger partial charge in [0.05, 0.1) is 30.5 Å². The summed E-state index contributed by atoms with van der Waals surface area (Å²) in [5.74, 6) is -2.09. The minimum absolute atomic E-state index is 0.0893. The number of carbonyl (C=O) groups is 2. The van der Waals surface area contributed by atoms with Crippen LogP contribution in [0.4, 0.5) is 5.69 Å². The molecular formula is C29H26N2O5S. The maximum atomic E-state index is 14.1. The fourth-order valence-corrected chi connectivity index (χ4v) is 5.72. The molecule has 37 heavy (non-hydrogen) atoms. The van der Waals surface area contributed by atoms with E-state index in [1.807, 2.05) is 48.5 Å². The van der Waals surface area contributed by atoms with Gasteiger partial charge in [-0.05, 0) is 43.3 Å². The minimum Gasteiger partial charge on any atom is -0.497 e. The van der Waals surface area contributed by atoms with Crippen molar-refractivity contribution in [3.63, 3.8) is 0 Å². The number of para-hydroxylation sites is 1. The molecule has 0 amide bonds. The molecular weight excluding hydrogens is 488 g/mol. The summed E-state index contributed by atoms with van der Waals surface area (Å²) < 4.78 is 17.2. The quantitative estimate of drug-likeness (QED) is 0.279. The van der Waals surface area contributed by atoms with Crippen LogP contribution in [0.15, 0.2) is 96.4 Å². The predicted octanol–water partition coefficient (Wildman–Crippen LogP) is 4.57. The molecule has 1 fully saturated rings. The summed E-state index contributed by atoms with van der Waals surface area (Å²) in [4.78, 5) is 29.5. The molecule has 2 heterocycles. The molecule has 8 heteroatoms. The number of hydrogen-bond acceptors (Lipinski definition) is 7. The number of ether oxygens (including phenoxy) is 3. The molecule has 7 nitrogen and oxygen atoms in total. The van der Waals surface area contributed by atoms with Crippen LogP contribution in [0.2, 0.25) is 0 Å². The van der Waals surface area contributed by atoms with Crippen LogP contribution in [0.25, 0.3) is 0 Å². The number of hydrogen-bond donors (Lipinski definition) is 1. The number of ketones is 1. The van der Waals surface area contributed by atoms with E-state index in [-0.39, 0.29) is 23.8 Å². The average Bonchev–Trinajstić information content (AvgIpc) is 3.36. The van der Waals surface area contributed by atoms with Crippen LogP contribution >= 0.6 is 12.2 Å². The lowest BCUT2D eigenvalue weighted by Crippen LogP contribution is -2.47. The van der Waals surface area contributed by atoms with Crippen LogP contribution in [-0.2, 0) is 20.0 Å². The van der Waals surface area contributed by atoms with Gasteiger partial charge in [-0.15, -0.1) is 0 Å². The van der Waals surface area contributed by atoms with Crippen molar-refractivity contribution in [3.05, 3.63) is 108 Å². The van der Waals surface area contributed by atoms with Gasteiger partial charge in [-0.1, -0.05) is 60.7 Å². The number of benzene rings is 3. The molecule has 3 aromatic rings. The summed E-state index contributed by atoms with van der Waals surface area (Å²) in [5.41, 5.74) is 6.96. The molecule has 0 bridgehead atoms. The Balaban J connectivity index is 1.78. The van der Waals surface area contributed by atoms with E-state index in [0.29, 0.717) is 27.6 Å². The van der Waals surface area contributed by atoms with Gasteiger partial charge in [-0.3, -0.25) is 9.69 Å². The molecule has 0 aliphatic carbocycles. The first-order valence-corrected chi connectivity index (χ1v) is 12.3. The van der Waals surface area contributed by atoms with E-state index < -0.39 is 23.5 Å². The molecule has 0 spiro atoms. The van der Waals surface area contributed by atoms with Crippen LogP contribution in [0, 0.1) is 11.8 Å². The van der Waals surface area contributed by atoms with Gasteiger partial charge in [0, 0.05) is 16.8 Å². The standard InChI is InChI=1S/C29H26N2O5S/c1-3-35-28(33)23-24-22(25(32)18-10-6-4-7-11-18)27(37)31(20-12-8-5-9-13-20)29(24,36-26(23)30)19-14-16-21(34-2)17-15-19/h4-17,22,24H,3,30H2,1-2H3/t22-,24-,29+/m1/s1. The fraction of sp³-hybridized carbons (Fsp3) is 0.207. The Bertz CT molecular complexity index is 1370. The number of thiocarbonyl (C=S) groups is 1. The summed E-state index contributed by atoms with van der Waals surface area (Å²) in [6, 6.07) is 25.5. The van der Waals surface area contributed by atoms with Crippen molar-refractivity contribution < 1.29 is 23.8 Å². The maximum absolute atomic E-state index is 14.1. The van der Waals surface area contributed by atoms with Crippen molar-refractivity contribution in [1.29, 1.82) is 0 Å². The van der Waals surface area contributed by atoms with Gasteiger partial charge >= 0.3 is 5.97 Å². The van der Waals surface area contributed by atoms with Crippen molar-refractivity contribution >= 4 is 34.6 Å². The van der Waals surface area contributed by atoms with E-state index >= 15 is 0 Å². The second kappa shape index (κ2) is 9.71. The second-order valence-electron chi connectivity index (χ2n) is 8.72. The highest BCUT2D eigenvalue weighted by atomic mass is 32.1. The van der Waals surface area contributed by atoms with Crippen molar-refractivity contribution in [2.45, 2.75) is 12.6 Å². The number of anilines is 1. The third-order valence-electron chi connectivity index (χ3n) is 6.77. The highest BCUT2D eigenvalue weighted by Crippen LogP contribution is 2.58. The SMILES string of the molecule is CCOC(=O)C1=C(N)O[C@@]2(c3ccc(OC)cc3)[C@@H]1[C@H](C(=O)c1ccccc1)C(=S)N2c1ccccc1. The van der Waals surface area contributed by atoms with E-state index in [2.05, 4.69) is 0 Å². The molecule has 0 saturated carbocycles. The Hall–Kier alpha value is -4.17. The summed E-state index contributed by atoms with van der Waals surface area (Å²) in [6.45, 7) is 1.85. The topological polar surface area (TPSA) is 91.1 Å². The van der Waals surface area contributed by atoms with Gasteiger partial charge < -0.3 is 19.9 Å². The third kappa shape index (κ3) is 3.84.